The van der Waals surface area contributed by atoms with E-state index in [0.29, 0.717) is 0 Å². The summed E-state index contributed by atoms with van der Waals surface area (Å²) in [5.41, 5.74) is 6.06. The second-order valence-corrected chi connectivity index (χ2v) is 13.0. The van der Waals surface area contributed by atoms with Crippen LogP contribution in [0, 0.1) is 0 Å². The molecule has 16 nitrogen and oxygen atoms in total. The predicted octanol–water partition coefficient (Wildman–Crippen LogP) is -2.48. The molecule has 3 rings (SSSR count). The van der Waals surface area contributed by atoms with Gasteiger partial charge in [0.25, 0.3) is 0 Å². The van der Waals surface area contributed by atoms with Gasteiger partial charge in [-0.1, -0.05) is 37.3 Å². The van der Waals surface area contributed by atoms with Crippen LogP contribution in [0.25, 0.3) is 0 Å². The zero-order valence-electron chi connectivity index (χ0n) is 26.4. The SMILES string of the molecule is CCC1NC(=O)C(CC(N)=O)NC(=O)C(NC(C)=O)CSCC2NC(=O)C(Cc3ccccc3)NC(=O)C(CS/C=C\NC2=O)NC1=O. The maximum Gasteiger partial charge on any atom is 0.247 e. The molecule has 2 bridgehead atoms. The van der Waals surface area contributed by atoms with Crippen LogP contribution in [0.5, 0.6) is 0 Å². The van der Waals surface area contributed by atoms with Crippen molar-refractivity contribution in [2.75, 3.05) is 17.3 Å². The molecule has 48 heavy (non-hydrogen) atoms. The molecule has 0 saturated carbocycles. The lowest BCUT2D eigenvalue weighted by Gasteiger charge is -2.26. The molecule has 0 aromatic heterocycles. The van der Waals surface area contributed by atoms with Gasteiger partial charge < -0.3 is 43.0 Å². The minimum Gasteiger partial charge on any atom is -0.370 e. The molecule has 0 radical (unpaired) electrons. The highest BCUT2D eigenvalue weighted by atomic mass is 32.2. The minimum atomic E-state index is -1.50. The van der Waals surface area contributed by atoms with Crippen molar-refractivity contribution in [3.63, 3.8) is 0 Å². The van der Waals surface area contributed by atoms with Crippen LogP contribution in [0.15, 0.2) is 41.9 Å². The molecule has 2 heterocycles. The fourth-order valence-electron chi connectivity index (χ4n) is 4.70. The van der Waals surface area contributed by atoms with Gasteiger partial charge in [0.15, 0.2) is 0 Å². The van der Waals surface area contributed by atoms with Crippen LogP contribution in [0.3, 0.4) is 0 Å². The molecule has 0 aliphatic carbocycles. The van der Waals surface area contributed by atoms with Crippen molar-refractivity contribution in [3.05, 3.63) is 47.5 Å². The summed E-state index contributed by atoms with van der Waals surface area (Å²) in [5.74, 6) is -6.04. The average Bonchev–Trinajstić information content (AvgIpc) is 3.04. The fraction of sp³-hybridized carbons (Fsp3) is 0.467. The molecular formula is C30H40N8O8S2. The van der Waals surface area contributed by atoms with E-state index >= 15 is 0 Å². The molecule has 1 aromatic carbocycles. The molecule has 1 aromatic rings. The molecule has 2 aliphatic heterocycles. The zero-order valence-corrected chi connectivity index (χ0v) is 28.0. The number of carbonyl (C=O) groups excluding carboxylic acids is 8. The Labute approximate surface area is 285 Å². The number of thioether (sulfide) groups is 2. The molecule has 2 aliphatic rings. The average molecular weight is 705 g/mol. The van der Waals surface area contributed by atoms with E-state index < -0.39 is 89.9 Å². The maximum atomic E-state index is 13.7. The first-order valence-electron chi connectivity index (χ1n) is 15.1. The summed E-state index contributed by atoms with van der Waals surface area (Å²) < 4.78 is 0. The highest BCUT2D eigenvalue weighted by Gasteiger charge is 2.34. The van der Waals surface area contributed by atoms with E-state index in [2.05, 4.69) is 37.2 Å². The van der Waals surface area contributed by atoms with E-state index in [9.17, 15) is 38.4 Å². The summed E-state index contributed by atoms with van der Waals surface area (Å²) in [6.45, 7) is 2.79. The summed E-state index contributed by atoms with van der Waals surface area (Å²) in [7, 11) is 0. The molecule has 9 N–H and O–H groups in total. The number of nitrogens with one attached hydrogen (secondary N) is 7. The summed E-state index contributed by atoms with van der Waals surface area (Å²) in [6, 6.07) is 1.47. The number of hydrogen-bond donors (Lipinski definition) is 8. The molecular weight excluding hydrogens is 665 g/mol. The summed E-state index contributed by atoms with van der Waals surface area (Å²) in [6.07, 6.45) is 0.854. The van der Waals surface area contributed by atoms with Crippen LogP contribution in [-0.4, -0.2) is 101 Å². The van der Waals surface area contributed by atoms with E-state index in [1.54, 1.807) is 37.3 Å². The van der Waals surface area contributed by atoms with E-state index in [4.69, 9.17) is 5.73 Å². The number of amides is 8. The summed E-state index contributed by atoms with van der Waals surface area (Å²) >= 11 is 2.16. The van der Waals surface area contributed by atoms with Crippen LogP contribution < -0.4 is 43.0 Å². The topological polar surface area (TPSA) is 247 Å². The molecule has 6 atom stereocenters. The molecule has 1 fully saturated rings. The Morgan fingerprint density at radius 2 is 1.38 bits per heavy atom. The minimum absolute atomic E-state index is 0.00181. The first-order valence-corrected chi connectivity index (χ1v) is 17.3. The predicted molar refractivity (Wildman–Crippen MR) is 179 cm³/mol. The maximum absolute atomic E-state index is 13.7. The Hall–Kier alpha value is -4.58. The Morgan fingerprint density at radius 1 is 0.771 bits per heavy atom. The quantitative estimate of drug-likeness (QED) is 0.155. The van der Waals surface area contributed by atoms with E-state index in [0.717, 1.165) is 29.1 Å². The lowest BCUT2D eigenvalue weighted by molar-refractivity contribution is -0.135. The van der Waals surface area contributed by atoms with Gasteiger partial charge in [-0.3, -0.25) is 38.4 Å². The Balaban J connectivity index is 2.06. The van der Waals surface area contributed by atoms with Gasteiger partial charge in [0.05, 0.1) is 6.42 Å². The largest absolute Gasteiger partial charge is 0.370 e. The summed E-state index contributed by atoms with van der Waals surface area (Å²) in [5, 5.41) is 19.5. The van der Waals surface area contributed by atoms with Gasteiger partial charge in [-0.05, 0) is 17.4 Å². The molecule has 6 unspecified atom stereocenters. The van der Waals surface area contributed by atoms with Crippen molar-refractivity contribution >= 4 is 70.8 Å². The number of fused-ring (bicyclic) bond motifs is 6. The van der Waals surface area contributed by atoms with Crippen molar-refractivity contribution in [1.82, 2.24) is 37.2 Å². The van der Waals surface area contributed by atoms with Crippen molar-refractivity contribution in [3.8, 4) is 0 Å². The van der Waals surface area contributed by atoms with Gasteiger partial charge in [0, 0.05) is 36.8 Å². The number of carbonyl (C=O) groups is 8. The van der Waals surface area contributed by atoms with Gasteiger partial charge in [0.1, 0.15) is 36.3 Å². The standard InChI is InChI=1S/C30H40N8O8S2/c1-3-18-26(42)38-23-13-47-10-9-32-25(41)21(37-27(43)19(35-30(23)46)11-17-7-5-4-6-8-17)14-48-15-22(33-16(2)39)29(45)36-20(12-24(31)40)28(44)34-18/h4-10,18-23H,3,11-15H2,1-2H3,(H2,31,40)(H,32,41)(H,33,39)(H,34,44)(H,35,46)(H,36,45)(H,37,43)(H,38,42)/b10-9-. The van der Waals surface area contributed by atoms with Gasteiger partial charge in [-0.2, -0.15) is 11.8 Å². The zero-order chi connectivity index (χ0) is 35.2. The van der Waals surface area contributed by atoms with Gasteiger partial charge in [-0.25, -0.2) is 0 Å². The number of primary amides is 1. The van der Waals surface area contributed by atoms with Crippen LogP contribution in [0.1, 0.15) is 32.3 Å². The highest BCUT2D eigenvalue weighted by molar-refractivity contribution is 8.02. The van der Waals surface area contributed by atoms with E-state index in [-0.39, 0.29) is 30.1 Å². The molecule has 260 valence electrons. The highest BCUT2D eigenvalue weighted by Crippen LogP contribution is 2.12. The normalized spacial score (nSPS) is 27.2. The second kappa shape index (κ2) is 18.7. The Kier molecular flexibility index (Phi) is 14.7. The van der Waals surface area contributed by atoms with Gasteiger partial charge >= 0.3 is 0 Å². The molecule has 0 spiro atoms. The van der Waals surface area contributed by atoms with Crippen molar-refractivity contribution in [2.24, 2.45) is 5.73 Å². The fourth-order valence-corrected chi connectivity index (χ4v) is 6.48. The first-order chi connectivity index (χ1) is 22.9. The van der Waals surface area contributed by atoms with E-state index in [1.165, 1.54) is 18.5 Å². The summed E-state index contributed by atoms with van der Waals surface area (Å²) in [4.78, 5) is 104. The van der Waals surface area contributed by atoms with Crippen molar-refractivity contribution in [1.29, 1.82) is 0 Å². The third-order valence-electron chi connectivity index (χ3n) is 7.18. The van der Waals surface area contributed by atoms with Crippen molar-refractivity contribution < 1.29 is 38.4 Å². The van der Waals surface area contributed by atoms with Crippen molar-refractivity contribution in [2.45, 2.75) is 69.4 Å². The van der Waals surface area contributed by atoms with Crippen LogP contribution in [0.2, 0.25) is 0 Å². The number of nitrogens with two attached hydrogens (primary N) is 1. The Bertz CT molecular complexity index is 1410. The van der Waals surface area contributed by atoms with Crippen LogP contribution >= 0.6 is 23.5 Å². The van der Waals surface area contributed by atoms with Crippen LogP contribution in [-0.2, 0) is 44.8 Å². The number of benzene rings is 1. The lowest BCUT2D eigenvalue weighted by Crippen LogP contribution is -2.60. The third-order valence-corrected chi connectivity index (χ3v) is 9.17. The van der Waals surface area contributed by atoms with E-state index in [1.807, 2.05) is 0 Å². The lowest BCUT2D eigenvalue weighted by atomic mass is 10.0. The molecule has 18 heteroatoms. The molecule has 8 amide bonds. The number of rotatable bonds is 6. The van der Waals surface area contributed by atoms with Crippen LogP contribution in [0.4, 0.5) is 0 Å². The smallest absolute Gasteiger partial charge is 0.247 e. The first kappa shape index (κ1) is 37.9. The third kappa shape index (κ3) is 11.9. The number of hydrogen-bond acceptors (Lipinski definition) is 10. The Morgan fingerprint density at radius 3 is 2.02 bits per heavy atom. The molecule has 1 saturated heterocycles. The monoisotopic (exact) mass is 704 g/mol. The van der Waals surface area contributed by atoms with Gasteiger partial charge in [0.2, 0.25) is 47.3 Å². The second-order valence-electron chi connectivity index (χ2n) is 11.0. The van der Waals surface area contributed by atoms with Gasteiger partial charge in [-0.15, -0.1) is 11.8 Å².